The number of pyridine rings is 1. The summed E-state index contributed by atoms with van der Waals surface area (Å²) in [4.78, 5) is 61.6. The fourth-order valence-corrected chi connectivity index (χ4v) is 8.37. The molecule has 0 saturated carbocycles. The maximum absolute atomic E-state index is 14.5. The van der Waals surface area contributed by atoms with Gasteiger partial charge in [0.15, 0.2) is 17.7 Å². The van der Waals surface area contributed by atoms with Crippen molar-refractivity contribution in [2.45, 2.75) is 129 Å². The number of likely N-dealkylation sites (N-methyl/N-ethyl adjacent to an activating group) is 1. The Balaban J connectivity index is 1.60. The van der Waals surface area contributed by atoms with Crippen LogP contribution in [0.3, 0.4) is 0 Å². The summed E-state index contributed by atoms with van der Waals surface area (Å²) in [6.45, 7) is 12.9. The van der Waals surface area contributed by atoms with Crippen molar-refractivity contribution in [3.63, 3.8) is 0 Å². The third kappa shape index (κ3) is 8.96. The second kappa shape index (κ2) is 17.2. The van der Waals surface area contributed by atoms with Gasteiger partial charge in [-0.1, -0.05) is 58.0 Å². The fourth-order valence-electron chi connectivity index (χ4n) is 8.37. The lowest BCUT2D eigenvalue weighted by atomic mass is 9.73. The molecule has 0 unspecified atom stereocenters. The van der Waals surface area contributed by atoms with Gasteiger partial charge in [-0.25, -0.2) is 4.79 Å². The first-order chi connectivity index (χ1) is 28.4. The number of hydrogen-bond acceptors (Lipinski definition) is 12. The van der Waals surface area contributed by atoms with Crippen molar-refractivity contribution < 1.29 is 56.2 Å². The molecular weight excluding hydrogens is 706 g/mol. The van der Waals surface area contributed by atoms with Crippen LogP contribution < -0.4 is 5.32 Å². The van der Waals surface area contributed by atoms with Gasteiger partial charge in [-0.2, -0.15) is 0 Å². The zero-order valence-corrected chi connectivity index (χ0v) is 33.3. The molecule has 55 heavy (non-hydrogen) atoms. The van der Waals surface area contributed by atoms with Crippen LogP contribution >= 0.6 is 0 Å². The van der Waals surface area contributed by atoms with E-state index in [1.807, 2.05) is 25.9 Å². The number of carbonyl (C=O) groups is 4. The van der Waals surface area contributed by atoms with Crippen molar-refractivity contribution in [3.05, 3.63) is 48.0 Å². The summed E-state index contributed by atoms with van der Waals surface area (Å²) in [5, 5.41) is 14.2. The number of aliphatic hydroxyl groups excluding tert-OH is 1. The number of rotatable bonds is 8. The van der Waals surface area contributed by atoms with Gasteiger partial charge in [-0.3, -0.25) is 19.4 Å². The molecule has 0 spiro atoms. The predicted octanol–water partition coefficient (Wildman–Crippen LogP) is 5.11. The smallest absolute Gasteiger partial charge is 0.408 e. The minimum Gasteiger partial charge on any atom is -0.458 e. The monoisotopic (exact) mass is 771 g/mol. The normalized spacial score (nSPS) is 39.6. The number of cyclic esters (lactones) is 1. The van der Waals surface area contributed by atoms with Gasteiger partial charge in [0.1, 0.15) is 23.9 Å². The van der Waals surface area contributed by atoms with Crippen LogP contribution in [0.15, 0.2) is 42.5 Å². The Morgan fingerprint density at radius 3 is 2.47 bits per heavy atom. The van der Waals surface area contributed by atoms with E-state index in [0.717, 1.165) is 0 Å². The molecule has 13 atom stereocenters. The van der Waals surface area contributed by atoms with E-state index in [1.54, 1.807) is 41.5 Å². The SMILES string of the molecule is [2H]c1nc2c([2H])c([2H])c([2H])c([2H])c2c([2H])c1C=CCO[C@]1(C)C[C@@H](C)C(=O)[C@H](C)[C@H]2NC(=O)O[C@]2(C)[C@@H](CC)OC(=O)[C@H](C)C(=O)[C@H](C)[C@H]1O[C@@H]1O[C@H](C)C[C@H](N(C)C)[C@H]1O. The number of benzene rings is 1. The molecule has 0 aliphatic carbocycles. The van der Waals surface area contributed by atoms with Crippen LogP contribution in [0.5, 0.6) is 0 Å². The predicted molar refractivity (Wildman–Crippen MR) is 206 cm³/mol. The van der Waals surface area contributed by atoms with E-state index >= 15 is 0 Å². The Kier molecular flexibility index (Phi) is 10.8. The molecule has 1 amide bonds. The van der Waals surface area contributed by atoms with E-state index < -0.39 is 120 Å². The Morgan fingerprint density at radius 2 is 1.78 bits per heavy atom. The van der Waals surface area contributed by atoms with Gasteiger partial charge >= 0.3 is 12.1 Å². The average molecular weight is 772 g/mol. The molecule has 13 nitrogen and oxygen atoms in total. The summed E-state index contributed by atoms with van der Waals surface area (Å²) in [5.74, 6) is -5.91. The topological polar surface area (TPSA) is 163 Å². The second-order valence-corrected chi connectivity index (χ2v) is 15.9. The highest BCUT2D eigenvalue weighted by Crippen LogP contribution is 2.40. The minimum atomic E-state index is -1.57. The Hall–Kier alpha value is -3.75. The van der Waals surface area contributed by atoms with Gasteiger partial charge in [0.2, 0.25) is 0 Å². The van der Waals surface area contributed by atoms with Gasteiger partial charge in [-0.15, -0.1) is 0 Å². The fraction of sp³-hybridized carbons (Fsp3) is 0.643. The van der Waals surface area contributed by atoms with Gasteiger partial charge in [-0.05, 0) is 78.7 Å². The van der Waals surface area contributed by atoms with Gasteiger partial charge in [0.25, 0.3) is 0 Å². The highest BCUT2D eigenvalue weighted by molar-refractivity contribution is 6.00. The van der Waals surface area contributed by atoms with E-state index in [2.05, 4.69) is 10.3 Å². The molecule has 1 aromatic carbocycles. The van der Waals surface area contributed by atoms with Gasteiger partial charge in [0.05, 0.1) is 44.2 Å². The number of aromatic nitrogens is 1. The number of nitrogens with one attached hydrogen (secondary N) is 1. The van der Waals surface area contributed by atoms with Crippen LogP contribution in [0, 0.1) is 23.7 Å². The molecule has 3 fully saturated rings. The average Bonchev–Trinajstić information content (AvgIpc) is 3.52. The highest BCUT2D eigenvalue weighted by atomic mass is 16.7. The lowest BCUT2D eigenvalue weighted by molar-refractivity contribution is -0.296. The first kappa shape index (κ1) is 34.5. The number of Topliss-reactive ketones (excluding diaryl/α,β-unsaturated/α-hetero) is 2. The van der Waals surface area contributed by atoms with E-state index in [-0.39, 0.29) is 53.8 Å². The van der Waals surface area contributed by atoms with Crippen LogP contribution in [0.25, 0.3) is 17.0 Å². The van der Waals surface area contributed by atoms with E-state index in [0.29, 0.717) is 6.42 Å². The maximum Gasteiger partial charge on any atom is 0.408 e. The van der Waals surface area contributed by atoms with Crippen LogP contribution in [-0.4, -0.2) is 113 Å². The van der Waals surface area contributed by atoms with Gasteiger partial charge in [0, 0.05) is 35.4 Å². The minimum absolute atomic E-state index is 0.0463. The number of ketones is 2. The molecule has 5 rings (SSSR count). The maximum atomic E-state index is 14.5. The Morgan fingerprint density at radius 1 is 1.07 bits per heavy atom. The number of hydrogen-bond donors (Lipinski definition) is 2. The molecule has 1 aromatic heterocycles. The molecule has 4 heterocycles. The summed E-state index contributed by atoms with van der Waals surface area (Å²) >= 11 is 0. The molecular formula is C42H59N3O10. The van der Waals surface area contributed by atoms with E-state index in [9.17, 15) is 24.3 Å². The van der Waals surface area contributed by atoms with Crippen molar-refractivity contribution in [3.8, 4) is 0 Å². The molecule has 0 bridgehead atoms. The number of esters is 1. The van der Waals surface area contributed by atoms with Crippen molar-refractivity contribution in [1.29, 1.82) is 0 Å². The third-order valence-corrected chi connectivity index (χ3v) is 11.5. The van der Waals surface area contributed by atoms with E-state index in [4.69, 9.17) is 31.9 Å². The van der Waals surface area contributed by atoms with Crippen LogP contribution in [0.2, 0.25) is 0 Å². The van der Waals surface area contributed by atoms with Crippen LogP contribution in [-0.2, 0) is 38.1 Å². The highest BCUT2D eigenvalue weighted by Gasteiger charge is 2.57. The summed E-state index contributed by atoms with van der Waals surface area (Å²) < 4.78 is 81.3. The lowest BCUT2D eigenvalue weighted by Crippen LogP contribution is -2.60. The molecule has 0 radical (unpaired) electrons. The molecule has 13 heteroatoms. The molecule has 2 aromatic rings. The summed E-state index contributed by atoms with van der Waals surface area (Å²) in [5.41, 5.74) is -3.29. The number of carbonyl (C=O) groups excluding carboxylic acids is 4. The van der Waals surface area contributed by atoms with Crippen molar-refractivity contribution >= 4 is 40.6 Å². The standard InChI is InChI=1S/C42H59N3O10/c1-11-32-42(8)36(44-40(50)55-42)25(4)33(46)23(2)21-41(7,51-18-14-15-28-20-29-16-12-13-17-30(29)43-22-28)37(26(5)34(47)27(6)38(49)53-32)54-39-35(48)31(45(9)10)19-24(3)52-39/h12-17,20,22-27,31-32,35-37,39,48H,11,18-19,21H2,1-10H3,(H,44,50)/t23-,24-,25+,26+,27-,31+,32-,35-,36-,37-,39+,41-,42-/m1/s1/i12D,13D,16D,17D,20D,22D. The molecule has 3 aliphatic heterocycles. The number of fused-ring (bicyclic) bond motifs is 2. The third-order valence-electron chi connectivity index (χ3n) is 11.5. The number of amides is 1. The van der Waals surface area contributed by atoms with Crippen molar-refractivity contribution in [2.75, 3.05) is 20.7 Å². The summed E-state index contributed by atoms with van der Waals surface area (Å²) in [6.07, 6.45) is -2.86. The van der Waals surface area contributed by atoms with Crippen LogP contribution in [0.4, 0.5) is 4.79 Å². The number of ether oxygens (including phenoxy) is 5. The van der Waals surface area contributed by atoms with E-state index in [1.165, 1.54) is 19.1 Å². The second-order valence-electron chi connectivity index (χ2n) is 15.9. The molecule has 3 aliphatic rings. The van der Waals surface area contributed by atoms with Crippen molar-refractivity contribution in [1.82, 2.24) is 15.2 Å². The largest absolute Gasteiger partial charge is 0.458 e. The van der Waals surface area contributed by atoms with Crippen LogP contribution in [0.1, 0.15) is 88.4 Å². The molecule has 302 valence electrons. The summed E-state index contributed by atoms with van der Waals surface area (Å²) in [7, 11) is 3.63. The Labute approximate surface area is 332 Å². The number of nitrogens with zero attached hydrogens (tertiary/aromatic N) is 2. The first-order valence-electron chi connectivity index (χ1n) is 22.0. The van der Waals surface area contributed by atoms with Crippen molar-refractivity contribution in [2.24, 2.45) is 23.7 Å². The summed E-state index contributed by atoms with van der Waals surface area (Å²) in [6, 6.07) is -3.67. The molecule has 2 N–H and O–H groups in total. The zero-order valence-electron chi connectivity index (χ0n) is 39.3. The molecule has 3 saturated heterocycles. The Bertz CT molecular complexity index is 2070. The number of aliphatic hydroxyl groups is 1. The lowest BCUT2D eigenvalue weighted by Gasteiger charge is -2.47. The zero-order chi connectivity index (χ0) is 45.6. The number of alkyl carbamates (subject to hydrolysis) is 1. The number of para-hydroxylation sites is 1. The van der Waals surface area contributed by atoms with Gasteiger partial charge < -0.3 is 39.0 Å². The quantitative estimate of drug-likeness (QED) is 0.270. The first-order valence-corrected chi connectivity index (χ1v) is 19.0.